The third-order valence-electron chi connectivity index (χ3n) is 2.01. The highest BCUT2D eigenvalue weighted by molar-refractivity contribution is 5.94. The second kappa shape index (κ2) is 3.14. The summed E-state index contributed by atoms with van der Waals surface area (Å²) < 4.78 is 9.47. The molecule has 0 aromatic heterocycles. The van der Waals surface area contributed by atoms with Crippen molar-refractivity contribution in [3.05, 3.63) is 29.3 Å². The standard InChI is InChI=1S/C10H8O4/c1-6(11)7-2-3-8-5-13-10(12)14-9(8)4-7/h2-4H,5H2,1H3. The Labute approximate surface area is 80.4 Å². The normalized spacial score (nSPS) is 13.9. The molecule has 0 saturated carbocycles. The lowest BCUT2D eigenvalue weighted by Gasteiger charge is -2.15. The molecule has 0 aliphatic carbocycles. The highest BCUT2D eigenvalue weighted by Crippen LogP contribution is 2.25. The van der Waals surface area contributed by atoms with E-state index < -0.39 is 6.16 Å². The van der Waals surface area contributed by atoms with Gasteiger partial charge in [-0.3, -0.25) is 4.79 Å². The molecule has 4 nitrogen and oxygen atoms in total. The maximum atomic E-state index is 11.0. The van der Waals surface area contributed by atoms with E-state index in [0.717, 1.165) is 5.56 Å². The van der Waals surface area contributed by atoms with Gasteiger partial charge in [-0.15, -0.1) is 0 Å². The van der Waals surface area contributed by atoms with Crippen LogP contribution in [-0.4, -0.2) is 11.9 Å². The van der Waals surface area contributed by atoms with E-state index in [1.807, 2.05) is 0 Å². The van der Waals surface area contributed by atoms with Gasteiger partial charge in [0, 0.05) is 11.1 Å². The summed E-state index contributed by atoms with van der Waals surface area (Å²) in [5.74, 6) is 0.351. The fraction of sp³-hybridized carbons (Fsp3) is 0.200. The number of hydrogen-bond acceptors (Lipinski definition) is 4. The van der Waals surface area contributed by atoms with Crippen LogP contribution in [0.25, 0.3) is 0 Å². The maximum absolute atomic E-state index is 11.0. The van der Waals surface area contributed by atoms with Crippen molar-refractivity contribution in [3.8, 4) is 5.75 Å². The van der Waals surface area contributed by atoms with Crippen molar-refractivity contribution in [2.24, 2.45) is 0 Å². The van der Waals surface area contributed by atoms with Gasteiger partial charge in [0.1, 0.15) is 12.4 Å². The van der Waals surface area contributed by atoms with E-state index in [0.29, 0.717) is 11.3 Å². The van der Waals surface area contributed by atoms with Crippen LogP contribution in [0.15, 0.2) is 18.2 Å². The van der Waals surface area contributed by atoms with E-state index in [9.17, 15) is 9.59 Å². The minimum absolute atomic E-state index is 0.0599. The molecule has 1 aromatic rings. The first-order valence-corrected chi connectivity index (χ1v) is 4.15. The molecule has 2 rings (SSSR count). The van der Waals surface area contributed by atoms with Gasteiger partial charge < -0.3 is 9.47 Å². The summed E-state index contributed by atoms with van der Waals surface area (Å²) >= 11 is 0. The predicted molar refractivity (Wildman–Crippen MR) is 47.3 cm³/mol. The summed E-state index contributed by atoms with van der Waals surface area (Å²) in [6.45, 7) is 1.66. The zero-order valence-electron chi connectivity index (χ0n) is 7.57. The van der Waals surface area contributed by atoms with E-state index in [1.165, 1.54) is 6.92 Å². The van der Waals surface area contributed by atoms with Crippen LogP contribution in [0.2, 0.25) is 0 Å². The monoisotopic (exact) mass is 192 g/mol. The Morgan fingerprint density at radius 2 is 2.21 bits per heavy atom. The van der Waals surface area contributed by atoms with Gasteiger partial charge in [-0.2, -0.15) is 0 Å². The zero-order chi connectivity index (χ0) is 10.1. The zero-order valence-corrected chi connectivity index (χ0v) is 7.57. The van der Waals surface area contributed by atoms with Gasteiger partial charge in [0.15, 0.2) is 5.78 Å². The van der Waals surface area contributed by atoms with Crippen LogP contribution in [0.1, 0.15) is 22.8 Å². The van der Waals surface area contributed by atoms with E-state index >= 15 is 0 Å². The number of ketones is 1. The number of fused-ring (bicyclic) bond motifs is 1. The first-order chi connectivity index (χ1) is 6.66. The molecule has 0 radical (unpaired) electrons. The molecule has 14 heavy (non-hydrogen) atoms. The Balaban J connectivity index is 2.42. The third-order valence-corrected chi connectivity index (χ3v) is 2.01. The first-order valence-electron chi connectivity index (χ1n) is 4.15. The lowest BCUT2D eigenvalue weighted by Crippen LogP contribution is -2.17. The molecule has 4 heteroatoms. The minimum atomic E-state index is -0.724. The van der Waals surface area contributed by atoms with Crippen LogP contribution in [0, 0.1) is 0 Å². The van der Waals surface area contributed by atoms with Crippen LogP contribution in [0.4, 0.5) is 4.79 Å². The summed E-state index contributed by atoms with van der Waals surface area (Å²) in [7, 11) is 0. The summed E-state index contributed by atoms with van der Waals surface area (Å²) in [5.41, 5.74) is 1.30. The molecule has 1 aliphatic rings. The Bertz CT molecular complexity index is 409. The average Bonchev–Trinajstić information content (AvgIpc) is 2.16. The second-order valence-corrected chi connectivity index (χ2v) is 3.02. The summed E-state index contributed by atoms with van der Waals surface area (Å²) in [5, 5.41) is 0. The fourth-order valence-corrected chi connectivity index (χ4v) is 1.24. The second-order valence-electron chi connectivity index (χ2n) is 3.02. The highest BCUT2D eigenvalue weighted by Gasteiger charge is 2.18. The third kappa shape index (κ3) is 1.46. The molecule has 1 heterocycles. The maximum Gasteiger partial charge on any atom is 0.514 e. The van der Waals surface area contributed by atoms with Crippen molar-refractivity contribution < 1.29 is 19.1 Å². The quantitative estimate of drug-likeness (QED) is 0.387. The minimum Gasteiger partial charge on any atom is -0.429 e. The smallest absolute Gasteiger partial charge is 0.429 e. The molecule has 0 N–H and O–H groups in total. The van der Waals surface area contributed by atoms with Crippen molar-refractivity contribution >= 4 is 11.9 Å². The Hall–Kier alpha value is -1.84. The van der Waals surface area contributed by atoms with E-state index in [-0.39, 0.29) is 12.4 Å². The van der Waals surface area contributed by atoms with Crippen molar-refractivity contribution in [3.63, 3.8) is 0 Å². The van der Waals surface area contributed by atoms with Crippen molar-refractivity contribution in [1.29, 1.82) is 0 Å². The number of benzene rings is 1. The molecule has 72 valence electrons. The van der Waals surface area contributed by atoms with Gasteiger partial charge >= 0.3 is 6.16 Å². The number of carbonyl (C=O) groups excluding carboxylic acids is 2. The summed E-state index contributed by atoms with van der Waals surface area (Å²) in [6, 6.07) is 4.96. The molecule has 1 aliphatic heterocycles. The Morgan fingerprint density at radius 3 is 2.93 bits per heavy atom. The molecule has 0 fully saturated rings. The summed E-state index contributed by atoms with van der Waals surface area (Å²) in [4.78, 5) is 21.8. The van der Waals surface area contributed by atoms with Crippen LogP contribution >= 0.6 is 0 Å². The Morgan fingerprint density at radius 1 is 1.43 bits per heavy atom. The molecule has 0 atom stereocenters. The van der Waals surface area contributed by atoms with Crippen LogP contribution in [0.3, 0.4) is 0 Å². The van der Waals surface area contributed by atoms with E-state index in [1.54, 1.807) is 18.2 Å². The number of carbonyl (C=O) groups is 2. The molecular formula is C10H8O4. The van der Waals surface area contributed by atoms with Crippen molar-refractivity contribution in [1.82, 2.24) is 0 Å². The molecule has 0 saturated heterocycles. The van der Waals surface area contributed by atoms with Gasteiger partial charge in [0.2, 0.25) is 0 Å². The van der Waals surface area contributed by atoms with Crippen LogP contribution < -0.4 is 4.74 Å². The molecule has 0 spiro atoms. The van der Waals surface area contributed by atoms with Gasteiger partial charge in [0.25, 0.3) is 0 Å². The van der Waals surface area contributed by atoms with Crippen molar-refractivity contribution in [2.75, 3.05) is 0 Å². The van der Waals surface area contributed by atoms with E-state index in [4.69, 9.17) is 4.74 Å². The molecular weight excluding hydrogens is 184 g/mol. The number of Topliss-reactive ketones (excluding diaryl/α,β-unsaturated/α-hetero) is 1. The number of cyclic esters (lactones) is 1. The lowest BCUT2D eigenvalue weighted by atomic mass is 10.1. The fourth-order valence-electron chi connectivity index (χ4n) is 1.24. The first kappa shape index (κ1) is 8.74. The topological polar surface area (TPSA) is 52.6 Å². The SMILES string of the molecule is CC(=O)c1ccc2c(c1)OC(=O)OC2. The summed E-state index contributed by atoms with van der Waals surface area (Å²) in [6.07, 6.45) is -0.724. The van der Waals surface area contributed by atoms with Gasteiger partial charge in [0.05, 0.1) is 0 Å². The predicted octanol–water partition coefficient (Wildman–Crippen LogP) is 1.92. The molecule has 0 bridgehead atoms. The van der Waals surface area contributed by atoms with E-state index in [2.05, 4.69) is 4.74 Å². The van der Waals surface area contributed by atoms with Crippen LogP contribution in [-0.2, 0) is 11.3 Å². The highest BCUT2D eigenvalue weighted by atomic mass is 16.7. The molecule has 0 unspecified atom stereocenters. The molecule has 1 aromatic carbocycles. The van der Waals surface area contributed by atoms with Gasteiger partial charge in [-0.1, -0.05) is 12.1 Å². The molecule has 0 amide bonds. The van der Waals surface area contributed by atoms with Gasteiger partial charge in [-0.25, -0.2) is 4.79 Å². The number of hydrogen-bond donors (Lipinski definition) is 0. The number of ether oxygens (including phenoxy) is 2. The van der Waals surface area contributed by atoms with Crippen LogP contribution in [0.5, 0.6) is 5.75 Å². The lowest BCUT2D eigenvalue weighted by molar-refractivity contribution is 0.0782. The largest absolute Gasteiger partial charge is 0.514 e. The average molecular weight is 192 g/mol. The number of rotatable bonds is 1. The van der Waals surface area contributed by atoms with Gasteiger partial charge in [-0.05, 0) is 13.0 Å². The van der Waals surface area contributed by atoms with Crippen molar-refractivity contribution in [2.45, 2.75) is 13.5 Å². The Kier molecular flexibility index (Phi) is 1.96.